The van der Waals surface area contributed by atoms with E-state index in [2.05, 4.69) is 42.3 Å². The van der Waals surface area contributed by atoms with Gasteiger partial charge in [0, 0.05) is 23.0 Å². The van der Waals surface area contributed by atoms with Gasteiger partial charge in [0.1, 0.15) is 0 Å². The van der Waals surface area contributed by atoms with Crippen molar-refractivity contribution in [3.05, 3.63) is 59.8 Å². The lowest BCUT2D eigenvalue weighted by Crippen LogP contribution is -1.96. The highest BCUT2D eigenvalue weighted by Gasteiger charge is 2.05. The van der Waals surface area contributed by atoms with E-state index in [4.69, 9.17) is 5.73 Å². The molecule has 0 fully saturated rings. The molecular weight excluding hydrogens is 246 g/mol. The molecule has 0 radical (unpaired) electrons. The quantitative estimate of drug-likeness (QED) is 0.682. The van der Waals surface area contributed by atoms with Crippen LogP contribution in [0.15, 0.2) is 48.7 Å². The average molecular weight is 263 g/mol. The number of hydrogen-bond acceptors (Lipinski definition) is 3. The van der Waals surface area contributed by atoms with Crippen LogP contribution in [0.2, 0.25) is 0 Å². The maximum atomic E-state index is 5.97. The van der Waals surface area contributed by atoms with Gasteiger partial charge in [0.15, 0.2) is 0 Å². The van der Waals surface area contributed by atoms with Crippen molar-refractivity contribution >= 4 is 28.0 Å². The van der Waals surface area contributed by atoms with Crippen molar-refractivity contribution < 1.29 is 0 Å². The second kappa shape index (κ2) is 4.85. The molecule has 2 aromatic carbocycles. The molecule has 1 aromatic heterocycles. The van der Waals surface area contributed by atoms with Gasteiger partial charge in [-0.05, 0) is 61.4 Å². The molecule has 0 spiro atoms. The van der Waals surface area contributed by atoms with Gasteiger partial charge in [0.25, 0.3) is 0 Å². The molecule has 3 heteroatoms. The highest BCUT2D eigenvalue weighted by molar-refractivity contribution is 5.99. The standard InChI is InChI=1S/C17H17N3/c1-11-5-6-13(10-12(11)2)20-16-8-7-15(18)17-14(16)4-3-9-19-17/h3-10,20H,18H2,1-2H3. The molecule has 0 aliphatic rings. The van der Waals surface area contributed by atoms with E-state index in [1.807, 2.05) is 24.3 Å². The maximum absolute atomic E-state index is 5.97. The molecule has 1 heterocycles. The fraction of sp³-hybridized carbons (Fsp3) is 0.118. The molecule has 0 saturated carbocycles. The van der Waals surface area contributed by atoms with E-state index >= 15 is 0 Å². The maximum Gasteiger partial charge on any atom is 0.0951 e. The Balaban J connectivity index is 2.06. The summed E-state index contributed by atoms with van der Waals surface area (Å²) in [5, 5.41) is 4.48. The molecule has 0 saturated heterocycles. The Bertz CT molecular complexity index is 778. The van der Waals surface area contributed by atoms with Gasteiger partial charge in [0.2, 0.25) is 0 Å². The third-order valence-corrected chi connectivity index (χ3v) is 3.59. The zero-order chi connectivity index (χ0) is 14.1. The van der Waals surface area contributed by atoms with Gasteiger partial charge in [-0.2, -0.15) is 0 Å². The van der Waals surface area contributed by atoms with Gasteiger partial charge in [0.05, 0.1) is 11.2 Å². The lowest BCUT2D eigenvalue weighted by molar-refractivity contribution is 1.34. The zero-order valence-corrected chi connectivity index (χ0v) is 11.6. The Morgan fingerprint density at radius 1 is 1.00 bits per heavy atom. The third-order valence-electron chi connectivity index (χ3n) is 3.59. The largest absolute Gasteiger partial charge is 0.397 e. The smallest absolute Gasteiger partial charge is 0.0951 e. The fourth-order valence-corrected chi connectivity index (χ4v) is 2.28. The van der Waals surface area contributed by atoms with Crippen molar-refractivity contribution in [2.75, 3.05) is 11.1 Å². The lowest BCUT2D eigenvalue weighted by atomic mass is 10.1. The van der Waals surface area contributed by atoms with Crippen LogP contribution < -0.4 is 11.1 Å². The summed E-state index contributed by atoms with van der Waals surface area (Å²) in [4.78, 5) is 4.35. The first-order chi connectivity index (χ1) is 9.65. The number of pyridine rings is 1. The molecule has 20 heavy (non-hydrogen) atoms. The van der Waals surface area contributed by atoms with Crippen LogP contribution in [0.3, 0.4) is 0 Å². The van der Waals surface area contributed by atoms with E-state index in [0.29, 0.717) is 5.69 Å². The molecule has 3 N–H and O–H groups in total. The van der Waals surface area contributed by atoms with Crippen LogP contribution in [0.4, 0.5) is 17.1 Å². The SMILES string of the molecule is Cc1ccc(Nc2ccc(N)c3ncccc23)cc1C. The summed E-state index contributed by atoms with van der Waals surface area (Å²) in [6.07, 6.45) is 1.76. The first-order valence-corrected chi connectivity index (χ1v) is 6.62. The van der Waals surface area contributed by atoms with Gasteiger partial charge in [-0.3, -0.25) is 4.98 Å². The van der Waals surface area contributed by atoms with Crippen LogP contribution in [-0.2, 0) is 0 Å². The Morgan fingerprint density at radius 3 is 2.65 bits per heavy atom. The highest BCUT2D eigenvalue weighted by atomic mass is 14.9. The molecule has 0 aliphatic carbocycles. The number of aromatic nitrogens is 1. The minimum Gasteiger partial charge on any atom is -0.397 e. The molecule has 0 bridgehead atoms. The second-order valence-electron chi connectivity index (χ2n) is 5.03. The van der Waals surface area contributed by atoms with E-state index < -0.39 is 0 Å². The first-order valence-electron chi connectivity index (χ1n) is 6.62. The molecule has 0 unspecified atom stereocenters. The average Bonchev–Trinajstić information content (AvgIpc) is 2.46. The van der Waals surface area contributed by atoms with Crippen molar-refractivity contribution in [3.8, 4) is 0 Å². The first kappa shape index (κ1) is 12.5. The second-order valence-corrected chi connectivity index (χ2v) is 5.03. The van der Waals surface area contributed by atoms with Gasteiger partial charge < -0.3 is 11.1 Å². The Kier molecular flexibility index (Phi) is 3.03. The van der Waals surface area contributed by atoms with Crippen LogP contribution in [0.25, 0.3) is 10.9 Å². The predicted molar refractivity (Wildman–Crippen MR) is 85.4 cm³/mol. The van der Waals surface area contributed by atoms with Crippen molar-refractivity contribution in [1.29, 1.82) is 0 Å². The minimum atomic E-state index is 0.700. The molecule has 0 amide bonds. The van der Waals surface area contributed by atoms with Crippen LogP contribution in [-0.4, -0.2) is 4.98 Å². The number of hydrogen-bond donors (Lipinski definition) is 2. The van der Waals surface area contributed by atoms with Crippen LogP contribution in [0, 0.1) is 13.8 Å². The molecule has 3 aromatic rings. The summed E-state index contributed by atoms with van der Waals surface area (Å²) in [5.41, 5.74) is 12.2. The zero-order valence-electron chi connectivity index (χ0n) is 11.6. The number of rotatable bonds is 2. The van der Waals surface area contributed by atoms with Gasteiger partial charge in [-0.1, -0.05) is 6.07 Å². The Hall–Kier alpha value is -2.55. The summed E-state index contributed by atoms with van der Waals surface area (Å²) < 4.78 is 0. The number of nitrogen functional groups attached to an aromatic ring is 1. The number of fused-ring (bicyclic) bond motifs is 1. The summed E-state index contributed by atoms with van der Waals surface area (Å²) >= 11 is 0. The molecular formula is C17H17N3. The van der Waals surface area contributed by atoms with Crippen molar-refractivity contribution in [2.24, 2.45) is 0 Å². The number of nitrogens with two attached hydrogens (primary N) is 1. The van der Waals surface area contributed by atoms with E-state index in [1.54, 1.807) is 6.20 Å². The number of anilines is 3. The Morgan fingerprint density at radius 2 is 1.85 bits per heavy atom. The van der Waals surface area contributed by atoms with E-state index in [1.165, 1.54) is 11.1 Å². The molecule has 3 rings (SSSR count). The highest BCUT2D eigenvalue weighted by Crippen LogP contribution is 2.29. The van der Waals surface area contributed by atoms with E-state index in [0.717, 1.165) is 22.3 Å². The number of benzene rings is 2. The summed E-state index contributed by atoms with van der Waals surface area (Å²) in [7, 11) is 0. The molecule has 0 atom stereocenters. The minimum absolute atomic E-state index is 0.700. The fourth-order valence-electron chi connectivity index (χ4n) is 2.28. The van der Waals surface area contributed by atoms with Crippen LogP contribution in [0.5, 0.6) is 0 Å². The molecule has 100 valence electrons. The lowest BCUT2D eigenvalue weighted by Gasteiger charge is -2.12. The number of aryl methyl sites for hydroxylation is 2. The van der Waals surface area contributed by atoms with Crippen molar-refractivity contribution in [1.82, 2.24) is 4.98 Å². The third kappa shape index (κ3) is 2.18. The number of nitrogens with one attached hydrogen (secondary N) is 1. The monoisotopic (exact) mass is 263 g/mol. The van der Waals surface area contributed by atoms with Gasteiger partial charge >= 0.3 is 0 Å². The summed E-state index contributed by atoms with van der Waals surface area (Å²) in [6, 6.07) is 14.2. The van der Waals surface area contributed by atoms with Gasteiger partial charge in [-0.25, -0.2) is 0 Å². The topological polar surface area (TPSA) is 50.9 Å². The van der Waals surface area contributed by atoms with E-state index in [9.17, 15) is 0 Å². The van der Waals surface area contributed by atoms with Crippen molar-refractivity contribution in [3.63, 3.8) is 0 Å². The van der Waals surface area contributed by atoms with E-state index in [-0.39, 0.29) is 0 Å². The van der Waals surface area contributed by atoms with Crippen LogP contribution >= 0.6 is 0 Å². The number of nitrogens with zero attached hydrogens (tertiary/aromatic N) is 1. The molecule has 0 aliphatic heterocycles. The van der Waals surface area contributed by atoms with Crippen LogP contribution in [0.1, 0.15) is 11.1 Å². The predicted octanol–water partition coefficient (Wildman–Crippen LogP) is 4.18. The van der Waals surface area contributed by atoms with Crippen molar-refractivity contribution in [2.45, 2.75) is 13.8 Å². The van der Waals surface area contributed by atoms with Gasteiger partial charge in [-0.15, -0.1) is 0 Å². The Labute approximate surface area is 118 Å². The molecule has 3 nitrogen and oxygen atoms in total. The normalized spacial score (nSPS) is 10.7. The summed E-state index contributed by atoms with van der Waals surface area (Å²) in [5.74, 6) is 0. The summed E-state index contributed by atoms with van der Waals surface area (Å²) in [6.45, 7) is 4.23.